The van der Waals surface area contributed by atoms with Gasteiger partial charge in [-0.1, -0.05) is 12.1 Å². The molecule has 0 aromatic heterocycles. The maximum atomic E-state index is 11.7. The summed E-state index contributed by atoms with van der Waals surface area (Å²) in [6.07, 6.45) is 0.225. The third kappa shape index (κ3) is 5.51. The van der Waals surface area contributed by atoms with Crippen molar-refractivity contribution in [3.8, 4) is 5.75 Å². The fraction of sp³-hybridized carbons (Fsp3) is 0.357. The van der Waals surface area contributed by atoms with E-state index in [4.69, 9.17) is 21.3 Å². The fourth-order valence-corrected chi connectivity index (χ4v) is 1.60. The summed E-state index contributed by atoms with van der Waals surface area (Å²) >= 11 is 0. The fourth-order valence-electron chi connectivity index (χ4n) is 1.60. The molecule has 0 aliphatic rings. The number of ether oxygens (including phenoxy) is 1. The van der Waals surface area contributed by atoms with Crippen LogP contribution in [-0.2, 0) is 20.8 Å². The van der Waals surface area contributed by atoms with Crippen molar-refractivity contribution >= 4 is 17.8 Å². The predicted octanol–water partition coefficient (Wildman–Crippen LogP) is -0.990. The van der Waals surface area contributed by atoms with Gasteiger partial charge in [-0.3, -0.25) is 14.4 Å². The van der Waals surface area contributed by atoms with Crippen molar-refractivity contribution in [1.82, 2.24) is 5.32 Å². The zero-order valence-electron chi connectivity index (χ0n) is 12.1. The highest BCUT2D eigenvalue weighted by atomic mass is 16.5. The maximum absolute atomic E-state index is 11.7. The van der Waals surface area contributed by atoms with Gasteiger partial charge in [0.05, 0.1) is 12.6 Å². The van der Waals surface area contributed by atoms with Gasteiger partial charge in [0.15, 0.2) is 0 Å². The Kier molecular flexibility index (Phi) is 6.48. The van der Waals surface area contributed by atoms with Crippen molar-refractivity contribution in [1.29, 1.82) is 0 Å². The number of aliphatic carboxylic acids is 1. The third-order valence-corrected chi connectivity index (χ3v) is 2.84. The molecule has 0 unspecified atom stereocenters. The van der Waals surface area contributed by atoms with E-state index >= 15 is 0 Å². The second-order valence-electron chi connectivity index (χ2n) is 4.70. The first-order valence-electron chi connectivity index (χ1n) is 6.62. The van der Waals surface area contributed by atoms with E-state index in [2.05, 4.69) is 5.32 Å². The number of nitrogens with one attached hydrogen (secondary N) is 1. The molecule has 2 atom stereocenters. The molecule has 22 heavy (non-hydrogen) atoms. The number of carboxylic acid groups (broad SMARTS) is 1. The first-order chi connectivity index (χ1) is 10.3. The summed E-state index contributed by atoms with van der Waals surface area (Å²) in [6.45, 7) is 1.14. The molecule has 1 amide bonds. The number of hydrogen-bond acceptors (Lipinski definition) is 6. The monoisotopic (exact) mass is 309 g/mol. The van der Waals surface area contributed by atoms with Crippen LogP contribution in [0.5, 0.6) is 5.75 Å². The number of hydrogen-bond donors (Lipinski definition) is 4. The molecule has 0 fully saturated rings. The minimum atomic E-state index is -1.13. The summed E-state index contributed by atoms with van der Waals surface area (Å²) in [4.78, 5) is 33.4. The van der Waals surface area contributed by atoms with E-state index in [1.807, 2.05) is 0 Å². The minimum Gasteiger partial charge on any atom is -0.480 e. The van der Waals surface area contributed by atoms with Gasteiger partial charge in [-0.15, -0.1) is 0 Å². The molecular weight excluding hydrogens is 290 g/mol. The van der Waals surface area contributed by atoms with Crippen molar-refractivity contribution < 1.29 is 24.2 Å². The van der Waals surface area contributed by atoms with Crippen molar-refractivity contribution in [2.75, 3.05) is 6.54 Å². The molecule has 0 heterocycles. The lowest BCUT2D eigenvalue weighted by atomic mass is 10.1. The third-order valence-electron chi connectivity index (χ3n) is 2.84. The lowest BCUT2D eigenvalue weighted by molar-refractivity contribution is -0.141. The van der Waals surface area contributed by atoms with Crippen molar-refractivity contribution in [3.05, 3.63) is 29.8 Å². The van der Waals surface area contributed by atoms with E-state index < -0.39 is 29.9 Å². The zero-order chi connectivity index (χ0) is 16.7. The van der Waals surface area contributed by atoms with E-state index in [-0.39, 0.29) is 13.0 Å². The van der Waals surface area contributed by atoms with Gasteiger partial charge in [0.1, 0.15) is 11.8 Å². The first-order valence-corrected chi connectivity index (χ1v) is 6.62. The molecule has 6 N–H and O–H groups in total. The SMILES string of the molecule is C[C@H](NC(=O)[C@@H](N)Cc1ccc(OC(=O)CN)cc1)C(=O)O. The van der Waals surface area contributed by atoms with E-state index in [0.717, 1.165) is 5.56 Å². The Balaban J connectivity index is 2.57. The van der Waals surface area contributed by atoms with Gasteiger partial charge in [0.2, 0.25) is 5.91 Å². The normalized spacial score (nSPS) is 13.0. The van der Waals surface area contributed by atoms with E-state index in [1.54, 1.807) is 24.3 Å². The number of rotatable bonds is 7. The summed E-state index contributed by atoms with van der Waals surface area (Å²) in [5, 5.41) is 11.0. The van der Waals surface area contributed by atoms with Crippen LogP contribution in [-0.4, -0.2) is 41.6 Å². The van der Waals surface area contributed by atoms with E-state index in [0.29, 0.717) is 5.75 Å². The van der Waals surface area contributed by atoms with E-state index in [1.165, 1.54) is 6.92 Å². The first kappa shape index (κ1) is 17.6. The van der Waals surface area contributed by atoms with Crippen LogP contribution in [0, 0.1) is 0 Å². The molecule has 0 aliphatic carbocycles. The molecule has 0 bridgehead atoms. The quantitative estimate of drug-likeness (QED) is 0.374. The predicted molar refractivity (Wildman–Crippen MR) is 78.1 cm³/mol. The largest absolute Gasteiger partial charge is 0.480 e. The van der Waals surface area contributed by atoms with Crippen LogP contribution >= 0.6 is 0 Å². The number of carboxylic acids is 1. The Bertz CT molecular complexity index is 544. The standard InChI is InChI=1S/C14H19N3O5/c1-8(14(20)21)17-13(19)11(16)6-9-2-4-10(5-3-9)22-12(18)7-15/h2-5,8,11H,6-7,15-16H2,1H3,(H,17,19)(H,20,21)/t8-,11-/m0/s1. The molecule has 1 aromatic rings. The Labute approximate surface area is 127 Å². The highest BCUT2D eigenvalue weighted by molar-refractivity contribution is 5.86. The van der Waals surface area contributed by atoms with Crippen molar-refractivity contribution in [2.45, 2.75) is 25.4 Å². The van der Waals surface area contributed by atoms with Crippen LogP contribution in [0.15, 0.2) is 24.3 Å². The average molecular weight is 309 g/mol. The summed E-state index contributed by atoms with van der Waals surface area (Å²) in [6, 6.07) is 4.57. The zero-order valence-corrected chi connectivity index (χ0v) is 12.1. The summed E-state index contributed by atoms with van der Waals surface area (Å²) < 4.78 is 4.91. The highest BCUT2D eigenvalue weighted by Gasteiger charge is 2.19. The number of amides is 1. The highest BCUT2D eigenvalue weighted by Crippen LogP contribution is 2.13. The Morgan fingerprint density at radius 1 is 1.27 bits per heavy atom. The lowest BCUT2D eigenvalue weighted by Crippen LogP contribution is -2.48. The van der Waals surface area contributed by atoms with Crippen LogP contribution in [0.25, 0.3) is 0 Å². The molecule has 120 valence electrons. The van der Waals surface area contributed by atoms with E-state index in [9.17, 15) is 14.4 Å². The summed E-state index contributed by atoms with van der Waals surface area (Å²) in [7, 11) is 0. The molecule has 1 aromatic carbocycles. The molecule has 0 aliphatic heterocycles. The molecule has 0 saturated heterocycles. The molecule has 8 nitrogen and oxygen atoms in total. The summed E-state index contributed by atoms with van der Waals surface area (Å²) in [5.41, 5.74) is 11.6. The Hall–Kier alpha value is -2.45. The van der Waals surface area contributed by atoms with Gasteiger partial charge in [0, 0.05) is 0 Å². The van der Waals surface area contributed by atoms with Crippen LogP contribution in [0.3, 0.4) is 0 Å². The molecular formula is C14H19N3O5. The van der Waals surface area contributed by atoms with Gasteiger partial charge in [0.25, 0.3) is 0 Å². The van der Waals surface area contributed by atoms with Crippen LogP contribution in [0.4, 0.5) is 0 Å². The van der Waals surface area contributed by atoms with Crippen molar-refractivity contribution in [2.24, 2.45) is 11.5 Å². The van der Waals surface area contributed by atoms with Crippen molar-refractivity contribution in [3.63, 3.8) is 0 Å². The van der Waals surface area contributed by atoms with Gasteiger partial charge < -0.3 is 26.6 Å². The molecule has 1 rings (SSSR count). The van der Waals surface area contributed by atoms with Gasteiger partial charge in [-0.25, -0.2) is 0 Å². The number of benzene rings is 1. The van der Waals surface area contributed by atoms with Crippen LogP contribution < -0.4 is 21.5 Å². The second-order valence-corrected chi connectivity index (χ2v) is 4.70. The summed E-state index contributed by atoms with van der Waals surface area (Å²) in [5.74, 6) is -1.89. The number of nitrogens with two attached hydrogens (primary N) is 2. The molecule has 8 heteroatoms. The maximum Gasteiger partial charge on any atom is 0.325 e. The number of carbonyl (C=O) groups is 3. The Morgan fingerprint density at radius 2 is 1.86 bits per heavy atom. The number of carbonyl (C=O) groups excluding carboxylic acids is 2. The average Bonchev–Trinajstić information content (AvgIpc) is 2.48. The topological polar surface area (TPSA) is 145 Å². The molecule has 0 saturated carbocycles. The Morgan fingerprint density at radius 3 is 2.36 bits per heavy atom. The van der Waals surface area contributed by atoms with Gasteiger partial charge in [-0.05, 0) is 31.0 Å². The smallest absolute Gasteiger partial charge is 0.325 e. The second kappa shape index (κ2) is 8.11. The van der Waals surface area contributed by atoms with Crippen LogP contribution in [0.1, 0.15) is 12.5 Å². The van der Waals surface area contributed by atoms with Gasteiger partial charge >= 0.3 is 11.9 Å². The molecule has 0 spiro atoms. The minimum absolute atomic E-state index is 0.214. The lowest BCUT2D eigenvalue weighted by Gasteiger charge is -2.15. The number of esters is 1. The molecule has 0 radical (unpaired) electrons. The van der Waals surface area contributed by atoms with Crippen LogP contribution in [0.2, 0.25) is 0 Å². The van der Waals surface area contributed by atoms with Gasteiger partial charge in [-0.2, -0.15) is 0 Å².